The van der Waals surface area contributed by atoms with Crippen LogP contribution in [0.25, 0.3) is 0 Å². The first kappa shape index (κ1) is 24.9. The van der Waals surface area contributed by atoms with E-state index in [1.807, 2.05) is 36.4 Å². The van der Waals surface area contributed by atoms with Crippen LogP contribution in [0.2, 0.25) is 5.02 Å². The van der Waals surface area contributed by atoms with E-state index in [0.29, 0.717) is 28.6 Å². The van der Waals surface area contributed by atoms with Crippen molar-refractivity contribution in [2.45, 2.75) is 33.4 Å². The van der Waals surface area contributed by atoms with Crippen molar-refractivity contribution in [2.24, 2.45) is 0 Å². The van der Waals surface area contributed by atoms with Gasteiger partial charge in [-0.15, -0.1) is 0 Å². The number of hydrogen-bond donors (Lipinski definition) is 1. The van der Waals surface area contributed by atoms with Gasteiger partial charge in [0.2, 0.25) is 5.95 Å². The number of aromatic nitrogens is 3. The van der Waals surface area contributed by atoms with Crippen LogP contribution in [0, 0.1) is 0 Å². The maximum Gasteiger partial charge on any atom is 0.354 e. The Morgan fingerprint density at radius 3 is 2.33 bits per heavy atom. The molecule has 36 heavy (non-hydrogen) atoms. The molecule has 4 aromatic rings. The van der Waals surface area contributed by atoms with Crippen molar-refractivity contribution in [3.8, 4) is 11.5 Å². The highest BCUT2D eigenvalue weighted by atomic mass is 35.5. The van der Waals surface area contributed by atoms with Crippen molar-refractivity contribution in [1.29, 1.82) is 0 Å². The van der Waals surface area contributed by atoms with Crippen molar-refractivity contribution in [1.82, 2.24) is 14.1 Å². The molecule has 1 N–H and O–H groups in total. The fourth-order valence-corrected chi connectivity index (χ4v) is 3.81. The quantitative estimate of drug-likeness (QED) is 0.352. The van der Waals surface area contributed by atoms with Crippen LogP contribution in [0.15, 0.2) is 82.4 Å². The second kappa shape index (κ2) is 11.0. The summed E-state index contributed by atoms with van der Waals surface area (Å²) in [7, 11) is 0. The molecule has 0 aliphatic heterocycles. The van der Waals surface area contributed by atoms with Gasteiger partial charge in [-0.25, -0.2) is 14.2 Å². The highest BCUT2D eigenvalue weighted by Gasteiger charge is 2.13. The molecule has 0 saturated heterocycles. The predicted molar refractivity (Wildman–Crippen MR) is 140 cm³/mol. The Morgan fingerprint density at radius 1 is 0.944 bits per heavy atom. The van der Waals surface area contributed by atoms with Gasteiger partial charge >= 0.3 is 11.4 Å². The monoisotopic (exact) mass is 504 g/mol. The third-order valence-electron chi connectivity index (χ3n) is 5.42. The van der Waals surface area contributed by atoms with E-state index in [9.17, 15) is 14.4 Å². The van der Waals surface area contributed by atoms with Crippen LogP contribution in [0.1, 0.15) is 25.0 Å². The molecule has 184 valence electrons. The molecule has 1 heterocycles. The molecule has 0 amide bonds. The zero-order valence-corrected chi connectivity index (χ0v) is 20.7. The second-order valence-electron chi connectivity index (χ2n) is 8.24. The minimum absolute atomic E-state index is 0.0809. The third kappa shape index (κ3) is 6.09. The topological polar surface area (TPSA) is 95.2 Å². The molecular formula is C27H25ClN4O4. The molecule has 0 bridgehead atoms. The fraction of sp³-hybridized carbons (Fsp3) is 0.185. The van der Waals surface area contributed by atoms with Gasteiger partial charge in [0, 0.05) is 23.7 Å². The molecule has 3 aromatic carbocycles. The van der Waals surface area contributed by atoms with Gasteiger partial charge in [0.1, 0.15) is 17.3 Å². The molecule has 0 aliphatic rings. The second-order valence-corrected chi connectivity index (χ2v) is 8.67. The average Bonchev–Trinajstić information content (AvgIpc) is 2.84. The van der Waals surface area contributed by atoms with Gasteiger partial charge < -0.3 is 10.1 Å². The number of anilines is 2. The van der Waals surface area contributed by atoms with Crippen LogP contribution in [-0.4, -0.2) is 19.9 Å². The Hall–Kier alpha value is -4.17. The average molecular weight is 505 g/mol. The van der Waals surface area contributed by atoms with Gasteiger partial charge in [0.15, 0.2) is 0 Å². The molecule has 0 spiro atoms. The van der Waals surface area contributed by atoms with Gasteiger partial charge in [-0.3, -0.25) is 9.36 Å². The fourth-order valence-electron chi connectivity index (χ4n) is 3.69. The van der Waals surface area contributed by atoms with Crippen LogP contribution in [0.5, 0.6) is 11.5 Å². The van der Waals surface area contributed by atoms with Gasteiger partial charge in [-0.1, -0.05) is 35.9 Å². The lowest BCUT2D eigenvalue weighted by Crippen LogP contribution is -2.42. The molecule has 1 aromatic heterocycles. The first-order chi connectivity index (χ1) is 17.3. The standard InChI is InChI=1S/C27H25ClN4O4/c1-3-31-26(34)30-25(32(27(31)35)17-19-7-9-21(28)10-8-19)29-22-11-13-23(14-12-22)36-24-6-4-5-20(16-24)15-18(2)33/h4-14,16H,3,15,17H2,1-2H3,(H,29,30,34). The van der Waals surface area contributed by atoms with Crippen molar-refractivity contribution in [2.75, 3.05) is 5.32 Å². The van der Waals surface area contributed by atoms with Crippen LogP contribution >= 0.6 is 11.6 Å². The summed E-state index contributed by atoms with van der Waals surface area (Å²) >= 11 is 5.98. The predicted octanol–water partition coefficient (Wildman–Crippen LogP) is 4.79. The smallest absolute Gasteiger partial charge is 0.354 e. The van der Waals surface area contributed by atoms with Crippen LogP contribution in [-0.2, 0) is 24.3 Å². The van der Waals surface area contributed by atoms with E-state index < -0.39 is 11.4 Å². The maximum atomic E-state index is 13.0. The maximum absolute atomic E-state index is 13.0. The van der Waals surface area contributed by atoms with Gasteiger partial charge in [-0.2, -0.15) is 4.98 Å². The molecule has 0 saturated carbocycles. The van der Waals surface area contributed by atoms with E-state index in [0.717, 1.165) is 15.7 Å². The minimum Gasteiger partial charge on any atom is -0.457 e. The number of benzene rings is 3. The van der Waals surface area contributed by atoms with E-state index in [4.69, 9.17) is 16.3 Å². The van der Waals surface area contributed by atoms with Gasteiger partial charge in [0.05, 0.1) is 6.54 Å². The van der Waals surface area contributed by atoms with Gasteiger partial charge in [-0.05, 0) is 73.5 Å². The summed E-state index contributed by atoms with van der Waals surface area (Å²) in [6.45, 7) is 3.70. The number of halogens is 1. The largest absolute Gasteiger partial charge is 0.457 e. The zero-order valence-electron chi connectivity index (χ0n) is 19.9. The molecule has 9 heteroatoms. The molecule has 0 unspecified atom stereocenters. The zero-order chi connectivity index (χ0) is 25.7. The minimum atomic E-state index is -0.622. The summed E-state index contributed by atoms with van der Waals surface area (Å²) in [6, 6.07) is 21.5. The van der Waals surface area contributed by atoms with Crippen LogP contribution < -0.4 is 21.4 Å². The molecule has 0 atom stereocenters. The number of hydrogen-bond acceptors (Lipinski definition) is 6. The normalized spacial score (nSPS) is 10.8. The first-order valence-corrected chi connectivity index (χ1v) is 11.8. The first-order valence-electron chi connectivity index (χ1n) is 11.4. The number of ketones is 1. The Bertz CT molecular complexity index is 1490. The lowest BCUT2D eigenvalue weighted by Gasteiger charge is -2.15. The summed E-state index contributed by atoms with van der Waals surface area (Å²) in [4.78, 5) is 41.0. The van der Waals surface area contributed by atoms with E-state index in [1.165, 1.54) is 4.57 Å². The van der Waals surface area contributed by atoms with Crippen molar-refractivity contribution in [3.05, 3.63) is 110 Å². The number of rotatable bonds is 9. The summed E-state index contributed by atoms with van der Waals surface area (Å²) in [5.41, 5.74) is 1.26. The van der Waals surface area contributed by atoms with Gasteiger partial charge in [0.25, 0.3) is 0 Å². The summed E-state index contributed by atoms with van der Waals surface area (Å²) < 4.78 is 8.41. The Balaban J connectivity index is 1.57. The number of Topliss-reactive ketones (excluding diaryl/α,β-unsaturated/α-hetero) is 1. The molecule has 0 aliphatic carbocycles. The lowest BCUT2D eigenvalue weighted by atomic mass is 10.1. The van der Waals surface area contributed by atoms with Crippen molar-refractivity contribution in [3.63, 3.8) is 0 Å². The van der Waals surface area contributed by atoms with Crippen molar-refractivity contribution < 1.29 is 9.53 Å². The SMILES string of the molecule is CCn1c(=O)nc(Nc2ccc(Oc3cccc(CC(C)=O)c3)cc2)n(Cc2ccc(Cl)cc2)c1=O. The highest BCUT2D eigenvalue weighted by Crippen LogP contribution is 2.25. The third-order valence-corrected chi connectivity index (χ3v) is 5.67. The Labute approximate surface area is 212 Å². The Morgan fingerprint density at radius 2 is 1.67 bits per heavy atom. The summed E-state index contributed by atoms with van der Waals surface area (Å²) in [6.07, 6.45) is 0.349. The number of carbonyl (C=O) groups is 1. The van der Waals surface area contributed by atoms with E-state index in [-0.39, 0.29) is 24.8 Å². The summed E-state index contributed by atoms with van der Waals surface area (Å²) in [5.74, 6) is 1.43. The van der Waals surface area contributed by atoms with E-state index >= 15 is 0 Å². The van der Waals surface area contributed by atoms with E-state index in [1.54, 1.807) is 50.2 Å². The Kier molecular flexibility index (Phi) is 7.65. The van der Waals surface area contributed by atoms with Crippen molar-refractivity contribution >= 4 is 29.0 Å². The number of carbonyl (C=O) groups excluding carboxylic acids is 1. The number of nitrogens with zero attached hydrogens (tertiary/aromatic N) is 3. The van der Waals surface area contributed by atoms with Crippen LogP contribution in [0.3, 0.4) is 0 Å². The van der Waals surface area contributed by atoms with Crippen LogP contribution in [0.4, 0.5) is 11.6 Å². The molecule has 0 fully saturated rings. The molecule has 8 nitrogen and oxygen atoms in total. The number of nitrogens with one attached hydrogen (secondary N) is 1. The highest BCUT2D eigenvalue weighted by molar-refractivity contribution is 6.30. The summed E-state index contributed by atoms with van der Waals surface area (Å²) in [5, 5.41) is 3.67. The number of ether oxygens (including phenoxy) is 1. The molecule has 0 radical (unpaired) electrons. The lowest BCUT2D eigenvalue weighted by molar-refractivity contribution is -0.116. The van der Waals surface area contributed by atoms with E-state index in [2.05, 4.69) is 10.3 Å². The molecular weight excluding hydrogens is 480 g/mol. The molecule has 4 rings (SSSR count).